The van der Waals surface area contributed by atoms with E-state index < -0.39 is 0 Å². The minimum atomic E-state index is -0.0464. The molecule has 0 spiro atoms. The minimum absolute atomic E-state index is 0.0464. The first-order valence-corrected chi connectivity index (χ1v) is 10.4. The lowest BCUT2D eigenvalue weighted by atomic mass is 10.1. The molecule has 0 aliphatic carbocycles. The van der Waals surface area contributed by atoms with Crippen LogP contribution in [0.2, 0.25) is 0 Å². The highest BCUT2D eigenvalue weighted by Gasteiger charge is 2.26. The van der Waals surface area contributed by atoms with Crippen molar-refractivity contribution >= 4 is 16.9 Å². The highest BCUT2D eigenvalue weighted by atomic mass is 32.1. The molecule has 142 valence electrons. The van der Waals surface area contributed by atoms with Crippen LogP contribution in [0.15, 0.2) is 60.8 Å². The van der Waals surface area contributed by atoms with Crippen LogP contribution in [0.25, 0.3) is 16.6 Å². The van der Waals surface area contributed by atoms with Crippen LogP contribution < -0.4 is 0 Å². The molecule has 1 fully saturated rings. The molecule has 1 aromatic carbocycles. The van der Waals surface area contributed by atoms with Crippen LogP contribution in [0.1, 0.15) is 21.6 Å². The summed E-state index contributed by atoms with van der Waals surface area (Å²) in [5.74, 6) is 0. The normalized spacial score (nSPS) is 18.0. The number of benzene rings is 1. The number of aromatic nitrogens is 3. The van der Waals surface area contributed by atoms with Crippen molar-refractivity contribution in [2.24, 2.45) is 0 Å². The Bertz CT molecular complexity index is 1090. The molecule has 1 aliphatic heterocycles. The van der Waals surface area contributed by atoms with Crippen molar-refractivity contribution in [2.45, 2.75) is 19.6 Å². The van der Waals surface area contributed by atoms with Gasteiger partial charge in [0, 0.05) is 41.1 Å². The minimum Gasteiger partial charge on any atom is -0.369 e. The van der Waals surface area contributed by atoms with Crippen molar-refractivity contribution in [2.75, 3.05) is 19.7 Å². The number of hydrogen-bond acceptors (Lipinski definition) is 5. The lowest BCUT2D eigenvalue weighted by Gasteiger charge is -2.31. The van der Waals surface area contributed by atoms with Gasteiger partial charge in [-0.25, -0.2) is 4.52 Å². The molecular weight excluding hydrogens is 368 g/mol. The van der Waals surface area contributed by atoms with Gasteiger partial charge in [-0.2, -0.15) is 0 Å². The first kappa shape index (κ1) is 17.6. The molecule has 0 saturated carbocycles. The quantitative estimate of drug-likeness (QED) is 0.520. The van der Waals surface area contributed by atoms with Crippen LogP contribution in [0.4, 0.5) is 0 Å². The SMILES string of the molecule is Cc1ccc(CN2CCOC(c3nnn4cc(-c5ccccc5)ccc34)C2)s1. The van der Waals surface area contributed by atoms with E-state index in [0.29, 0.717) is 0 Å². The van der Waals surface area contributed by atoms with Gasteiger partial charge in [-0.3, -0.25) is 4.90 Å². The Balaban J connectivity index is 1.38. The maximum Gasteiger partial charge on any atom is 0.121 e. The van der Waals surface area contributed by atoms with E-state index in [2.05, 4.69) is 58.5 Å². The monoisotopic (exact) mass is 390 g/mol. The molecule has 5 rings (SSSR count). The zero-order chi connectivity index (χ0) is 18.9. The Morgan fingerprint density at radius 2 is 1.96 bits per heavy atom. The number of nitrogens with zero attached hydrogens (tertiary/aromatic N) is 4. The van der Waals surface area contributed by atoms with E-state index >= 15 is 0 Å². The van der Waals surface area contributed by atoms with Gasteiger partial charge in [-0.05, 0) is 30.7 Å². The Labute approximate surface area is 168 Å². The number of ether oxygens (including phenoxy) is 1. The van der Waals surface area contributed by atoms with Crippen molar-refractivity contribution < 1.29 is 4.74 Å². The molecular formula is C22H22N4OS. The highest BCUT2D eigenvalue weighted by Crippen LogP contribution is 2.28. The Morgan fingerprint density at radius 1 is 1.07 bits per heavy atom. The van der Waals surface area contributed by atoms with Crippen molar-refractivity contribution in [1.82, 2.24) is 19.7 Å². The summed E-state index contributed by atoms with van der Waals surface area (Å²) in [7, 11) is 0. The van der Waals surface area contributed by atoms with Crippen molar-refractivity contribution in [3.8, 4) is 11.1 Å². The largest absolute Gasteiger partial charge is 0.369 e. The van der Waals surface area contributed by atoms with Gasteiger partial charge in [-0.15, -0.1) is 16.4 Å². The van der Waals surface area contributed by atoms with Gasteiger partial charge < -0.3 is 4.74 Å². The predicted octanol–water partition coefficient (Wildman–Crippen LogP) is 4.34. The number of fused-ring (bicyclic) bond motifs is 1. The van der Waals surface area contributed by atoms with E-state index in [0.717, 1.165) is 43.0 Å². The van der Waals surface area contributed by atoms with Crippen molar-refractivity contribution in [3.05, 3.63) is 76.2 Å². The Hall–Kier alpha value is -2.54. The average Bonchev–Trinajstić information content (AvgIpc) is 3.34. The van der Waals surface area contributed by atoms with Crippen LogP contribution in [0.3, 0.4) is 0 Å². The van der Waals surface area contributed by atoms with E-state index in [-0.39, 0.29) is 6.10 Å². The zero-order valence-corrected chi connectivity index (χ0v) is 16.6. The number of aryl methyl sites for hydroxylation is 1. The molecule has 4 aromatic rings. The van der Waals surface area contributed by atoms with Gasteiger partial charge in [0.15, 0.2) is 0 Å². The van der Waals surface area contributed by atoms with Crippen molar-refractivity contribution in [1.29, 1.82) is 0 Å². The second kappa shape index (κ2) is 7.47. The lowest BCUT2D eigenvalue weighted by Crippen LogP contribution is -2.37. The van der Waals surface area contributed by atoms with Gasteiger partial charge >= 0.3 is 0 Å². The molecule has 5 nitrogen and oxygen atoms in total. The number of thiophene rings is 1. The molecule has 28 heavy (non-hydrogen) atoms. The number of rotatable bonds is 4. The molecule has 4 heterocycles. The summed E-state index contributed by atoms with van der Waals surface area (Å²) in [6.07, 6.45) is 1.99. The predicted molar refractivity (Wildman–Crippen MR) is 111 cm³/mol. The van der Waals surface area contributed by atoms with Gasteiger partial charge in [0.25, 0.3) is 0 Å². The fraction of sp³-hybridized carbons (Fsp3) is 0.273. The third-order valence-electron chi connectivity index (χ3n) is 5.18. The Morgan fingerprint density at radius 3 is 2.79 bits per heavy atom. The molecule has 1 unspecified atom stereocenters. The van der Waals surface area contributed by atoms with E-state index in [1.807, 2.05) is 40.2 Å². The molecule has 1 saturated heterocycles. The summed E-state index contributed by atoms with van der Waals surface area (Å²) in [5.41, 5.74) is 4.24. The summed E-state index contributed by atoms with van der Waals surface area (Å²) >= 11 is 1.87. The van der Waals surface area contributed by atoms with E-state index in [1.165, 1.54) is 15.3 Å². The molecule has 0 amide bonds. The van der Waals surface area contributed by atoms with E-state index in [1.54, 1.807) is 0 Å². The Kier molecular flexibility index (Phi) is 4.68. The zero-order valence-electron chi connectivity index (χ0n) is 15.8. The van der Waals surface area contributed by atoms with Gasteiger partial charge in [0.2, 0.25) is 0 Å². The number of morpholine rings is 1. The lowest BCUT2D eigenvalue weighted by molar-refractivity contribution is -0.0340. The maximum atomic E-state index is 6.06. The third-order valence-corrected chi connectivity index (χ3v) is 6.16. The molecule has 0 N–H and O–H groups in total. The summed E-state index contributed by atoms with van der Waals surface area (Å²) in [4.78, 5) is 5.21. The number of hydrogen-bond donors (Lipinski definition) is 0. The second-order valence-electron chi connectivity index (χ2n) is 7.20. The second-order valence-corrected chi connectivity index (χ2v) is 8.57. The van der Waals surface area contributed by atoms with Crippen LogP contribution in [0.5, 0.6) is 0 Å². The maximum absolute atomic E-state index is 6.06. The molecule has 0 bridgehead atoms. The summed E-state index contributed by atoms with van der Waals surface area (Å²) in [5, 5.41) is 8.83. The molecule has 1 atom stereocenters. The standard InChI is InChI=1S/C22H22N4OS/c1-16-7-9-19(28-16)14-25-11-12-27-21(15-25)22-20-10-8-18(13-26(20)24-23-22)17-5-3-2-4-6-17/h2-10,13,21H,11-12,14-15H2,1H3. The molecule has 6 heteroatoms. The first-order valence-electron chi connectivity index (χ1n) is 9.56. The average molecular weight is 391 g/mol. The number of pyridine rings is 1. The smallest absolute Gasteiger partial charge is 0.121 e. The summed E-state index contributed by atoms with van der Waals surface area (Å²) in [6.45, 7) is 5.63. The molecule has 3 aromatic heterocycles. The van der Waals surface area contributed by atoms with Crippen molar-refractivity contribution in [3.63, 3.8) is 0 Å². The van der Waals surface area contributed by atoms with Crippen LogP contribution >= 0.6 is 11.3 Å². The van der Waals surface area contributed by atoms with E-state index in [9.17, 15) is 0 Å². The molecule has 1 aliphatic rings. The fourth-order valence-corrected chi connectivity index (χ4v) is 4.68. The topological polar surface area (TPSA) is 42.7 Å². The van der Waals surface area contributed by atoms with Gasteiger partial charge in [0.05, 0.1) is 12.1 Å². The third kappa shape index (κ3) is 3.46. The highest BCUT2D eigenvalue weighted by molar-refractivity contribution is 7.11. The summed E-state index contributed by atoms with van der Waals surface area (Å²) < 4.78 is 7.93. The van der Waals surface area contributed by atoms with Crippen LogP contribution in [-0.4, -0.2) is 39.4 Å². The van der Waals surface area contributed by atoms with Gasteiger partial charge in [-0.1, -0.05) is 41.6 Å². The first-order chi connectivity index (χ1) is 13.8. The fourth-order valence-electron chi connectivity index (χ4n) is 3.75. The van der Waals surface area contributed by atoms with E-state index in [4.69, 9.17) is 4.74 Å². The van der Waals surface area contributed by atoms with Crippen LogP contribution in [-0.2, 0) is 11.3 Å². The summed E-state index contributed by atoms with van der Waals surface area (Å²) in [6, 6.07) is 19.0. The van der Waals surface area contributed by atoms with Gasteiger partial charge in [0.1, 0.15) is 11.8 Å². The van der Waals surface area contributed by atoms with Crippen LogP contribution in [0, 0.1) is 6.92 Å². The molecule has 0 radical (unpaired) electrons.